The van der Waals surface area contributed by atoms with Gasteiger partial charge in [0, 0.05) is 11.6 Å². The first-order chi connectivity index (χ1) is 14.2. The van der Waals surface area contributed by atoms with Crippen LogP contribution in [0.1, 0.15) is 35.3 Å². The summed E-state index contributed by atoms with van der Waals surface area (Å²) in [4.78, 5) is 32.8. The van der Waals surface area contributed by atoms with Crippen molar-refractivity contribution in [1.82, 2.24) is 0 Å². The largest absolute Gasteiger partial charge is 0.497 e. The third-order valence-corrected chi connectivity index (χ3v) is 4.60. The predicted molar refractivity (Wildman–Crippen MR) is 119 cm³/mol. The highest BCUT2D eigenvalue weighted by Crippen LogP contribution is 2.17. The van der Waals surface area contributed by atoms with Crippen LogP contribution in [0.3, 0.4) is 0 Å². The fraction of sp³-hybridized carbons (Fsp3) is 0.174. The Kier molecular flexibility index (Phi) is 10.3. The Hall–Kier alpha value is -3.19. The first-order valence-electron chi connectivity index (χ1n) is 9.01. The van der Waals surface area contributed by atoms with Gasteiger partial charge < -0.3 is 14.9 Å². The topological polar surface area (TPSA) is 101 Å². The van der Waals surface area contributed by atoms with Gasteiger partial charge in [0.1, 0.15) is 5.75 Å². The van der Waals surface area contributed by atoms with Crippen LogP contribution in [-0.4, -0.2) is 35.0 Å². The van der Waals surface area contributed by atoms with Crippen LogP contribution in [0.4, 0.5) is 0 Å². The standard InChI is InChI=1S/C12H14O2.C11H9BrO4/c1-3-9-5-7-10(8-6-9)11(4-2)12(13)14;1-16-8-4-2-7(3-5-8)11(15)9(12)6-10(13)14/h4-8H,3H2,1-2H3,(H,13,14);2-6H,1H3,(H,13,14)/b11-4+;9-6-. The van der Waals surface area contributed by atoms with Crippen LogP contribution in [0.15, 0.2) is 65.2 Å². The van der Waals surface area contributed by atoms with Crippen LogP contribution < -0.4 is 4.74 Å². The molecule has 0 unspecified atom stereocenters. The minimum absolute atomic E-state index is 0.00478. The van der Waals surface area contributed by atoms with Crippen LogP contribution in [0.5, 0.6) is 5.75 Å². The fourth-order valence-electron chi connectivity index (χ4n) is 2.39. The molecule has 0 saturated heterocycles. The number of benzene rings is 2. The summed E-state index contributed by atoms with van der Waals surface area (Å²) in [5.74, 6) is -1.80. The third kappa shape index (κ3) is 7.67. The molecule has 0 aromatic heterocycles. The van der Waals surface area contributed by atoms with Crippen molar-refractivity contribution < 1.29 is 29.3 Å². The lowest BCUT2D eigenvalue weighted by Gasteiger charge is -2.02. The molecule has 0 heterocycles. The lowest BCUT2D eigenvalue weighted by Crippen LogP contribution is -2.01. The minimum atomic E-state index is -1.17. The minimum Gasteiger partial charge on any atom is -0.497 e. The van der Waals surface area contributed by atoms with Gasteiger partial charge in [0.05, 0.1) is 17.2 Å². The molecule has 7 heteroatoms. The number of methoxy groups -OCH3 is 1. The number of Topliss-reactive ketones (excluding diaryl/α,β-unsaturated/α-hetero) is 1. The molecule has 0 aliphatic heterocycles. The highest BCUT2D eigenvalue weighted by atomic mass is 79.9. The molecule has 158 valence electrons. The smallest absolute Gasteiger partial charge is 0.335 e. The number of carboxylic acids is 2. The SMILES string of the molecule is C/C=C(/C(=O)O)c1ccc(CC)cc1.COc1ccc(C(=O)/C(Br)=C/C(=O)O)cc1. The van der Waals surface area contributed by atoms with Crippen molar-refractivity contribution in [3.63, 3.8) is 0 Å². The molecule has 2 aromatic carbocycles. The molecule has 0 saturated carbocycles. The second kappa shape index (κ2) is 12.4. The summed E-state index contributed by atoms with van der Waals surface area (Å²) in [6.45, 7) is 3.81. The number of hydrogen-bond donors (Lipinski definition) is 2. The van der Waals surface area contributed by atoms with Gasteiger partial charge in [-0.1, -0.05) is 37.3 Å². The average Bonchev–Trinajstić information content (AvgIpc) is 2.74. The zero-order valence-electron chi connectivity index (χ0n) is 16.9. The van der Waals surface area contributed by atoms with E-state index in [0.717, 1.165) is 18.1 Å². The number of allylic oxidation sites excluding steroid dienone is 2. The summed E-state index contributed by atoms with van der Waals surface area (Å²) < 4.78 is 4.95. The van der Waals surface area contributed by atoms with Crippen LogP contribution >= 0.6 is 15.9 Å². The molecule has 0 amide bonds. The first kappa shape index (κ1) is 24.8. The molecule has 0 fully saturated rings. The number of aryl methyl sites for hydroxylation is 1. The molecule has 0 radical (unpaired) electrons. The number of carbonyl (C=O) groups is 3. The Morgan fingerprint density at radius 3 is 1.90 bits per heavy atom. The van der Waals surface area contributed by atoms with Gasteiger partial charge in [-0.3, -0.25) is 4.79 Å². The van der Waals surface area contributed by atoms with Crippen LogP contribution in [-0.2, 0) is 16.0 Å². The molecule has 0 spiro atoms. The highest BCUT2D eigenvalue weighted by Gasteiger charge is 2.11. The van der Waals surface area contributed by atoms with Crippen LogP contribution in [0.25, 0.3) is 5.57 Å². The van der Waals surface area contributed by atoms with Crippen molar-refractivity contribution in [3.05, 3.63) is 81.9 Å². The number of carboxylic acid groups (broad SMARTS) is 2. The fourth-order valence-corrected chi connectivity index (χ4v) is 2.81. The lowest BCUT2D eigenvalue weighted by molar-refractivity contribution is -0.132. The molecule has 2 aromatic rings. The molecular formula is C23H23BrO6. The highest BCUT2D eigenvalue weighted by molar-refractivity contribution is 9.12. The molecule has 0 aliphatic carbocycles. The zero-order valence-corrected chi connectivity index (χ0v) is 18.5. The van der Waals surface area contributed by atoms with Gasteiger partial charge in [0.25, 0.3) is 0 Å². The van der Waals surface area contributed by atoms with Crippen molar-refractivity contribution in [3.8, 4) is 5.75 Å². The molecule has 0 atom stereocenters. The lowest BCUT2D eigenvalue weighted by atomic mass is 10.0. The number of hydrogen-bond acceptors (Lipinski definition) is 4. The molecule has 0 bridgehead atoms. The zero-order chi connectivity index (χ0) is 22.7. The van der Waals surface area contributed by atoms with E-state index in [-0.39, 0.29) is 10.3 Å². The number of carbonyl (C=O) groups excluding carboxylic acids is 1. The maximum Gasteiger partial charge on any atom is 0.335 e. The van der Waals surface area contributed by atoms with Crippen molar-refractivity contribution in [1.29, 1.82) is 0 Å². The molecular weight excluding hydrogens is 452 g/mol. The Labute approximate surface area is 183 Å². The molecule has 2 rings (SSSR count). The number of ketones is 1. The van der Waals surface area contributed by atoms with Crippen molar-refractivity contribution in [2.24, 2.45) is 0 Å². The Balaban J connectivity index is 0.000000303. The summed E-state index contributed by atoms with van der Waals surface area (Å²) in [7, 11) is 1.52. The first-order valence-corrected chi connectivity index (χ1v) is 9.80. The summed E-state index contributed by atoms with van der Waals surface area (Å²) in [5, 5.41) is 17.4. The van der Waals surface area contributed by atoms with Gasteiger partial charge in [-0.2, -0.15) is 0 Å². The van der Waals surface area contributed by atoms with E-state index in [1.165, 1.54) is 12.7 Å². The van der Waals surface area contributed by atoms with E-state index >= 15 is 0 Å². The van der Waals surface area contributed by atoms with Crippen molar-refractivity contribution in [2.75, 3.05) is 7.11 Å². The van der Waals surface area contributed by atoms with Gasteiger partial charge in [0.2, 0.25) is 0 Å². The molecule has 0 aliphatic rings. The second-order valence-electron chi connectivity index (χ2n) is 5.95. The summed E-state index contributed by atoms with van der Waals surface area (Å²) in [5.41, 5.74) is 2.73. The van der Waals surface area contributed by atoms with E-state index in [9.17, 15) is 14.4 Å². The average molecular weight is 475 g/mol. The number of halogens is 1. The normalized spacial score (nSPS) is 11.2. The van der Waals surface area contributed by atoms with Gasteiger partial charge in [-0.15, -0.1) is 0 Å². The predicted octanol–water partition coefficient (Wildman–Crippen LogP) is 4.98. The maximum atomic E-state index is 11.7. The van der Waals surface area contributed by atoms with Gasteiger partial charge in [-0.25, -0.2) is 9.59 Å². The third-order valence-electron chi connectivity index (χ3n) is 4.01. The number of rotatable bonds is 7. The van der Waals surface area contributed by atoms with Gasteiger partial charge in [-0.05, 0) is 64.7 Å². The summed E-state index contributed by atoms with van der Waals surface area (Å²) in [6.07, 6.45) is 3.40. The molecule has 6 nitrogen and oxygen atoms in total. The Morgan fingerprint density at radius 1 is 0.967 bits per heavy atom. The van der Waals surface area contributed by atoms with E-state index in [2.05, 4.69) is 22.9 Å². The van der Waals surface area contributed by atoms with Crippen LogP contribution in [0, 0.1) is 0 Å². The second-order valence-corrected chi connectivity index (χ2v) is 6.80. The van der Waals surface area contributed by atoms with Crippen molar-refractivity contribution >= 4 is 39.2 Å². The quantitative estimate of drug-likeness (QED) is 0.433. The van der Waals surface area contributed by atoms with Crippen molar-refractivity contribution in [2.45, 2.75) is 20.3 Å². The van der Waals surface area contributed by atoms with E-state index in [1.54, 1.807) is 37.3 Å². The maximum absolute atomic E-state index is 11.7. The number of ether oxygens (including phenoxy) is 1. The van der Waals surface area contributed by atoms with E-state index < -0.39 is 11.9 Å². The summed E-state index contributed by atoms with van der Waals surface area (Å²) in [6, 6.07) is 14.0. The van der Waals surface area contributed by atoms with E-state index in [0.29, 0.717) is 16.9 Å². The monoisotopic (exact) mass is 474 g/mol. The van der Waals surface area contributed by atoms with Crippen LogP contribution in [0.2, 0.25) is 0 Å². The molecule has 30 heavy (non-hydrogen) atoms. The Bertz CT molecular complexity index is 941. The Morgan fingerprint density at radius 2 is 1.50 bits per heavy atom. The van der Waals surface area contributed by atoms with Gasteiger partial charge in [0.15, 0.2) is 5.78 Å². The summed E-state index contributed by atoms with van der Waals surface area (Å²) >= 11 is 2.92. The van der Waals surface area contributed by atoms with E-state index in [1.807, 2.05) is 24.3 Å². The number of aliphatic carboxylic acids is 2. The molecule has 2 N–H and O–H groups in total. The van der Waals surface area contributed by atoms with E-state index in [4.69, 9.17) is 14.9 Å². The van der Waals surface area contributed by atoms with Gasteiger partial charge >= 0.3 is 11.9 Å².